The van der Waals surface area contributed by atoms with Gasteiger partial charge in [-0.2, -0.15) is 0 Å². The van der Waals surface area contributed by atoms with E-state index in [1.54, 1.807) is 6.07 Å². The molecule has 2 aromatic carbocycles. The molecule has 2 N–H and O–H groups in total. The van der Waals surface area contributed by atoms with Crippen LogP contribution >= 0.6 is 0 Å². The summed E-state index contributed by atoms with van der Waals surface area (Å²) in [6, 6.07) is 17.2. The minimum atomic E-state index is -0.647. The average Bonchev–Trinajstić information content (AvgIpc) is 2.53. The van der Waals surface area contributed by atoms with Gasteiger partial charge in [0.05, 0.1) is 0 Å². The maximum absolute atomic E-state index is 11.8. The third-order valence-corrected chi connectivity index (χ3v) is 3.42. The Hall–Kier alpha value is -2.62. The van der Waals surface area contributed by atoms with E-state index in [9.17, 15) is 9.59 Å². The summed E-state index contributed by atoms with van der Waals surface area (Å²) >= 11 is 0. The standard InChI is InChI=1S/C18H20N2O2/c1-13-7-6-10-16(11-13)20-18(22)17(21)19-12-14(2)15-8-4-3-5-9-15/h3-11,14H,12H2,1-2H3,(H,19,21)(H,20,22)/t14-/m0/s1. The van der Waals surface area contributed by atoms with Crippen LogP contribution in [0.25, 0.3) is 0 Å². The van der Waals surface area contributed by atoms with Crippen LogP contribution in [-0.2, 0) is 9.59 Å². The van der Waals surface area contributed by atoms with Crippen LogP contribution in [0.1, 0.15) is 24.0 Å². The molecule has 0 aliphatic heterocycles. The average molecular weight is 296 g/mol. The summed E-state index contributed by atoms with van der Waals surface area (Å²) in [5.74, 6) is -1.12. The Morgan fingerprint density at radius 2 is 1.73 bits per heavy atom. The molecule has 4 heteroatoms. The predicted molar refractivity (Wildman–Crippen MR) is 87.7 cm³/mol. The van der Waals surface area contributed by atoms with Crippen molar-refractivity contribution in [1.29, 1.82) is 0 Å². The maximum Gasteiger partial charge on any atom is 0.313 e. The van der Waals surface area contributed by atoms with Gasteiger partial charge in [0, 0.05) is 12.2 Å². The number of carbonyl (C=O) groups excluding carboxylic acids is 2. The minimum absolute atomic E-state index is 0.150. The third-order valence-electron chi connectivity index (χ3n) is 3.42. The first kappa shape index (κ1) is 15.8. The molecule has 0 aromatic heterocycles. The second kappa shape index (κ2) is 7.41. The molecule has 4 nitrogen and oxygen atoms in total. The van der Waals surface area contributed by atoms with Gasteiger partial charge in [-0.3, -0.25) is 9.59 Å². The normalized spacial score (nSPS) is 11.5. The van der Waals surface area contributed by atoms with Crippen LogP contribution in [0, 0.1) is 6.92 Å². The fourth-order valence-corrected chi connectivity index (χ4v) is 2.14. The summed E-state index contributed by atoms with van der Waals surface area (Å²) in [6.45, 7) is 4.36. The maximum atomic E-state index is 11.8. The summed E-state index contributed by atoms with van der Waals surface area (Å²) in [7, 11) is 0. The molecule has 0 bridgehead atoms. The Morgan fingerprint density at radius 3 is 2.41 bits per heavy atom. The molecule has 0 saturated heterocycles. The molecule has 0 fully saturated rings. The number of anilines is 1. The van der Waals surface area contributed by atoms with E-state index in [0.717, 1.165) is 11.1 Å². The predicted octanol–water partition coefficient (Wildman–Crippen LogP) is 2.85. The zero-order chi connectivity index (χ0) is 15.9. The van der Waals surface area contributed by atoms with Gasteiger partial charge >= 0.3 is 11.8 Å². The van der Waals surface area contributed by atoms with Gasteiger partial charge < -0.3 is 10.6 Å². The van der Waals surface area contributed by atoms with E-state index in [2.05, 4.69) is 10.6 Å². The van der Waals surface area contributed by atoms with Crippen LogP contribution < -0.4 is 10.6 Å². The second-order valence-corrected chi connectivity index (χ2v) is 5.35. The van der Waals surface area contributed by atoms with E-state index in [1.165, 1.54) is 0 Å². The van der Waals surface area contributed by atoms with Gasteiger partial charge in [-0.15, -0.1) is 0 Å². The number of carbonyl (C=O) groups is 2. The first-order valence-corrected chi connectivity index (χ1v) is 7.27. The number of amides is 2. The van der Waals surface area contributed by atoms with E-state index in [1.807, 2.05) is 62.4 Å². The summed E-state index contributed by atoms with van der Waals surface area (Å²) in [6.07, 6.45) is 0. The van der Waals surface area contributed by atoms with Crippen molar-refractivity contribution in [2.45, 2.75) is 19.8 Å². The molecule has 0 unspecified atom stereocenters. The molecule has 2 aromatic rings. The Morgan fingerprint density at radius 1 is 1.00 bits per heavy atom. The SMILES string of the molecule is Cc1cccc(NC(=O)C(=O)NC[C@H](C)c2ccccc2)c1. The largest absolute Gasteiger partial charge is 0.347 e. The van der Waals surface area contributed by atoms with Crippen molar-refractivity contribution >= 4 is 17.5 Å². The second-order valence-electron chi connectivity index (χ2n) is 5.35. The summed E-state index contributed by atoms with van der Waals surface area (Å²) in [4.78, 5) is 23.7. The molecule has 22 heavy (non-hydrogen) atoms. The minimum Gasteiger partial charge on any atom is -0.347 e. The summed E-state index contributed by atoms with van der Waals surface area (Å²) in [5, 5.41) is 5.26. The lowest BCUT2D eigenvalue weighted by Gasteiger charge is -2.13. The summed E-state index contributed by atoms with van der Waals surface area (Å²) < 4.78 is 0. The highest BCUT2D eigenvalue weighted by atomic mass is 16.2. The number of aryl methyl sites for hydroxylation is 1. The zero-order valence-electron chi connectivity index (χ0n) is 12.8. The van der Waals surface area contributed by atoms with E-state index in [4.69, 9.17) is 0 Å². The number of nitrogens with one attached hydrogen (secondary N) is 2. The number of rotatable bonds is 4. The molecule has 2 rings (SSSR count). The van der Waals surface area contributed by atoms with Crippen molar-refractivity contribution in [3.63, 3.8) is 0 Å². The first-order valence-electron chi connectivity index (χ1n) is 7.27. The highest BCUT2D eigenvalue weighted by Crippen LogP contribution is 2.13. The fourth-order valence-electron chi connectivity index (χ4n) is 2.14. The molecule has 0 heterocycles. The molecule has 0 aliphatic rings. The van der Waals surface area contributed by atoms with Gasteiger partial charge in [0.1, 0.15) is 0 Å². The zero-order valence-corrected chi connectivity index (χ0v) is 12.8. The van der Waals surface area contributed by atoms with Crippen molar-refractivity contribution in [2.75, 3.05) is 11.9 Å². The molecule has 0 saturated carbocycles. The first-order chi connectivity index (χ1) is 10.6. The van der Waals surface area contributed by atoms with Crippen molar-refractivity contribution in [2.24, 2.45) is 0 Å². The topological polar surface area (TPSA) is 58.2 Å². The van der Waals surface area contributed by atoms with Crippen LogP contribution in [0.3, 0.4) is 0 Å². The Bertz CT molecular complexity index is 653. The van der Waals surface area contributed by atoms with Crippen molar-refractivity contribution < 1.29 is 9.59 Å². The van der Waals surface area contributed by atoms with Crippen LogP contribution in [0.15, 0.2) is 54.6 Å². The number of hydrogen-bond acceptors (Lipinski definition) is 2. The monoisotopic (exact) mass is 296 g/mol. The Labute approximate surface area is 130 Å². The molecule has 1 atom stereocenters. The highest BCUT2D eigenvalue weighted by molar-refractivity contribution is 6.39. The molecular weight excluding hydrogens is 276 g/mol. The van der Waals surface area contributed by atoms with Crippen molar-refractivity contribution in [3.05, 3.63) is 65.7 Å². The molecule has 0 spiro atoms. The van der Waals surface area contributed by atoms with E-state index < -0.39 is 11.8 Å². The lowest BCUT2D eigenvalue weighted by molar-refractivity contribution is -0.136. The highest BCUT2D eigenvalue weighted by Gasteiger charge is 2.15. The molecule has 0 aliphatic carbocycles. The van der Waals surface area contributed by atoms with Crippen LogP contribution in [0.2, 0.25) is 0 Å². The molecule has 2 amide bonds. The third kappa shape index (κ3) is 4.45. The van der Waals surface area contributed by atoms with Crippen LogP contribution in [0.4, 0.5) is 5.69 Å². The van der Waals surface area contributed by atoms with Crippen LogP contribution in [-0.4, -0.2) is 18.4 Å². The van der Waals surface area contributed by atoms with Crippen molar-refractivity contribution in [1.82, 2.24) is 5.32 Å². The van der Waals surface area contributed by atoms with Gasteiger partial charge in [-0.1, -0.05) is 49.4 Å². The number of benzene rings is 2. The Balaban J connectivity index is 1.85. The lowest BCUT2D eigenvalue weighted by atomic mass is 10.0. The molecule has 0 radical (unpaired) electrons. The van der Waals surface area contributed by atoms with Gasteiger partial charge in [0.15, 0.2) is 0 Å². The quantitative estimate of drug-likeness (QED) is 0.852. The van der Waals surface area contributed by atoms with E-state index in [-0.39, 0.29) is 5.92 Å². The molecular formula is C18H20N2O2. The van der Waals surface area contributed by atoms with Gasteiger partial charge in [-0.05, 0) is 36.1 Å². The van der Waals surface area contributed by atoms with Crippen LogP contribution in [0.5, 0.6) is 0 Å². The smallest absolute Gasteiger partial charge is 0.313 e. The Kier molecular flexibility index (Phi) is 5.31. The van der Waals surface area contributed by atoms with Gasteiger partial charge in [0.25, 0.3) is 0 Å². The summed E-state index contributed by atoms with van der Waals surface area (Å²) in [5.41, 5.74) is 2.77. The fraction of sp³-hybridized carbons (Fsp3) is 0.222. The number of hydrogen-bond donors (Lipinski definition) is 2. The van der Waals surface area contributed by atoms with E-state index in [0.29, 0.717) is 12.2 Å². The van der Waals surface area contributed by atoms with E-state index >= 15 is 0 Å². The van der Waals surface area contributed by atoms with Crippen molar-refractivity contribution in [3.8, 4) is 0 Å². The molecule has 114 valence electrons. The lowest BCUT2D eigenvalue weighted by Crippen LogP contribution is -2.37. The van der Waals surface area contributed by atoms with Gasteiger partial charge in [-0.25, -0.2) is 0 Å². The van der Waals surface area contributed by atoms with Gasteiger partial charge in [0.2, 0.25) is 0 Å².